The number of amides is 1. The van der Waals surface area contributed by atoms with Crippen LogP contribution in [-0.2, 0) is 11.3 Å². The van der Waals surface area contributed by atoms with Crippen LogP contribution in [0.5, 0.6) is 0 Å². The SMILES string of the molecule is CCn1c(SCC(=O)Nc2ccc(N3CCCCCC3)cc2)nc2ccsc2c1=O. The Hall–Kier alpha value is -2.32. The number of hydrogen-bond acceptors (Lipinski definition) is 6. The minimum atomic E-state index is -0.107. The molecule has 1 aliphatic rings. The smallest absolute Gasteiger partial charge is 0.272 e. The summed E-state index contributed by atoms with van der Waals surface area (Å²) in [4.78, 5) is 32.0. The van der Waals surface area contributed by atoms with Crippen molar-refractivity contribution < 1.29 is 4.79 Å². The largest absolute Gasteiger partial charge is 0.372 e. The second kappa shape index (κ2) is 9.66. The van der Waals surface area contributed by atoms with Crippen molar-refractivity contribution in [1.82, 2.24) is 9.55 Å². The van der Waals surface area contributed by atoms with Crippen LogP contribution in [0, 0.1) is 0 Å². The molecule has 1 aliphatic heterocycles. The second-order valence-electron chi connectivity index (χ2n) is 7.36. The molecule has 4 rings (SSSR count). The molecule has 0 aliphatic carbocycles. The topological polar surface area (TPSA) is 67.2 Å². The number of hydrogen-bond donors (Lipinski definition) is 1. The molecule has 1 N–H and O–H groups in total. The highest BCUT2D eigenvalue weighted by Crippen LogP contribution is 2.23. The molecule has 2 aromatic heterocycles. The Morgan fingerprint density at radius 1 is 1.13 bits per heavy atom. The van der Waals surface area contributed by atoms with Crippen LogP contribution >= 0.6 is 23.1 Å². The van der Waals surface area contributed by atoms with Gasteiger partial charge in [0, 0.05) is 31.0 Å². The summed E-state index contributed by atoms with van der Waals surface area (Å²) in [6.07, 6.45) is 5.10. The number of carbonyl (C=O) groups excluding carboxylic acids is 1. The Bertz CT molecular complexity index is 1070. The van der Waals surface area contributed by atoms with E-state index in [0.29, 0.717) is 21.9 Å². The maximum absolute atomic E-state index is 12.6. The summed E-state index contributed by atoms with van der Waals surface area (Å²) in [5.74, 6) is 0.0977. The molecular weight excluding hydrogens is 416 g/mol. The summed E-state index contributed by atoms with van der Waals surface area (Å²) in [5.41, 5.74) is 2.66. The molecule has 3 aromatic rings. The van der Waals surface area contributed by atoms with Gasteiger partial charge in [-0.25, -0.2) is 4.98 Å². The number of anilines is 2. The second-order valence-corrected chi connectivity index (χ2v) is 9.22. The number of benzene rings is 1. The third-order valence-corrected chi connectivity index (χ3v) is 7.17. The first kappa shape index (κ1) is 20.9. The fraction of sp³-hybridized carbons (Fsp3) is 0.409. The van der Waals surface area contributed by atoms with Gasteiger partial charge in [-0.15, -0.1) is 11.3 Å². The summed E-state index contributed by atoms with van der Waals surface area (Å²) in [5, 5.41) is 5.40. The zero-order valence-corrected chi connectivity index (χ0v) is 18.7. The van der Waals surface area contributed by atoms with Crippen molar-refractivity contribution in [3.8, 4) is 0 Å². The number of aromatic nitrogens is 2. The van der Waals surface area contributed by atoms with Crippen LogP contribution in [0.15, 0.2) is 45.7 Å². The quantitative estimate of drug-likeness (QED) is 0.447. The normalized spacial score (nSPS) is 14.6. The number of thiophene rings is 1. The molecule has 0 bridgehead atoms. The van der Waals surface area contributed by atoms with Gasteiger partial charge in [-0.2, -0.15) is 0 Å². The number of nitrogens with one attached hydrogen (secondary N) is 1. The zero-order valence-electron chi connectivity index (χ0n) is 17.1. The standard InChI is InChI=1S/C22H26N4O2S2/c1-2-26-21(28)20-18(11-14-29-20)24-22(26)30-15-19(27)23-16-7-9-17(10-8-16)25-12-5-3-4-6-13-25/h7-11,14H,2-6,12-13,15H2,1H3,(H,23,27). The predicted molar refractivity (Wildman–Crippen MR) is 126 cm³/mol. The maximum atomic E-state index is 12.6. The lowest BCUT2D eigenvalue weighted by atomic mass is 10.2. The Morgan fingerprint density at radius 2 is 1.87 bits per heavy atom. The van der Waals surface area contributed by atoms with E-state index in [-0.39, 0.29) is 17.2 Å². The summed E-state index contributed by atoms with van der Waals surface area (Å²) in [7, 11) is 0. The third-order valence-electron chi connectivity index (χ3n) is 5.30. The van der Waals surface area contributed by atoms with Gasteiger partial charge < -0.3 is 10.2 Å². The van der Waals surface area contributed by atoms with Crippen LogP contribution in [0.2, 0.25) is 0 Å². The zero-order chi connectivity index (χ0) is 20.9. The number of fused-ring (bicyclic) bond motifs is 1. The van der Waals surface area contributed by atoms with Crippen molar-refractivity contribution in [3.05, 3.63) is 46.1 Å². The summed E-state index contributed by atoms with van der Waals surface area (Å²) < 4.78 is 2.29. The highest BCUT2D eigenvalue weighted by atomic mass is 32.2. The Kier molecular flexibility index (Phi) is 6.74. The summed E-state index contributed by atoms with van der Waals surface area (Å²) in [6, 6.07) is 9.92. The minimum absolute atomic E-state index is 0.0375. The summed E-state index contributed by atoms with van der Waals surface area (Å²) in [6.45, 7) is 4.64. The monoisotopic (exact) mass is 442 g/mol. The van der Waals surface area contributed by atoms with Gasteiger partial charge >= 0.3 is 0 Å². The van der Waals surface area contributed by atoms with Crippen molar-refractivity contribution in [3.63, 3.8) is 0 Å². The number of thioether (sulfide) groups is 1. The average molecular weight is 443 g/mol. The van der Waals surface area contributed by atoms with Crippen LogP contribution in [-0.4, -0.2) is 34.3 Å². The molecule has 1 aromatic carbocycles. The van der Waals surface area contributed by atoms with Gasteiger partial charge in [0.15, 0.2) is 5.16 Å². The van der Waals surface area contributed by atoms with Gasteiger partial charge in [0.25, 0.3) is 5.56 Å². The molecular formula is C22H26N4O2S2. The van der Waals surface area contributed by atoms with Gasteiger partial charge in [-0.1, -0.05) is 24.6 Å². The van der Waals surface area contributed by atoms with Gasteiger partial charge in [0.2, 0.25) is 5.91 Å². The van der Waals surface area contributed by atoms with Crippen molar-refractivity contribution in [1.29, 1.82) is 0 Å². The lowest BCUT2D eigenvalue weighted by Crippen LogP contribution is -2.24. The molecule has 30 heavy (non-hydrogen) atoms. The van der Waals surface area contributed by atoms with Gasteiger partial charge in [0.1, 0.15) is 4.70 Å². The van der Waals surface area contributed by atoms with Crippen LogP contribution in [0.25, 0.3) is 10.2 Å². The van der Waals surface area contributed by atoms with E-state index in [9.17, 15) is 9.59 Å². The van der Waals surface area contributed by atoms with E-state index in [1.54, 1.807) is 4.57 Å². The van der Waals surface area contributed by atoms with Crippen molar-refractivity contribution in [2.75, 3.05) is 29.1 Å². The highest BCUT2D eigenvalue weighted by molar-refractivity contribution is 7.99. The molecule has 8 heteroatoms. The Balaban J connectivity index is 1.38. The van der Waals surface area contributed by atoms with Crippen molar-refractivity contribution in [2.24, 2.45) is 0 Å². The van der Waals surface area contributed by atoms with E-state index in [2.05, 4.69) is 27.3 Å². The van der Waals surface area contributed by atoms with Gasteiger partial charge in [-0.3, -0.25) is 14.2 Å². The molecule has 1 saturated heterocycles. The van der Waals surface area contributed by atoms with Gasteiger partial charge in [0.05, 0.1) is 11.3 Å². The molecule has 0 spiro atoms. The Labute approximate surface area is 184 Å². The molecule has 0 unspecified atom stereocenters. The first-order valence-corrected chi connectivity index (χ1v) is 12.3. The average Bonchev–Trinajstić information content (AvgIpc) is 3.06. The number of nitrogens with zero attached hydrogens (tertiary/aromatic N) is 3. The predicted octanol–water partition coefficient (Wildman–Crippen LogP) is 4.59. The molecule has 0 atom stereocenters. The number of carbonyl (C=O) groups is 1. The number of rotatable bonds is 6. The lowest BCUT2D eigenvalue weighted by Gasteiger charge is -2.22. The first-order valence-electron chi connectivity index (χ1n) is 10.4. The van der Waals surface area contributed by atoms with E-state index in [0.717, 1.165) is 18.8 Å². The summed E-state index contributed by atoms with van der Waals surface area (Å²) >= 11 is 2.70. The van der Waals surface area contributed by atoms with E-state index in [4.69, 9.17) is 0 Å². The van der Waals surface area contributed by atoms with Crippen LogP contribution in [0.4, 0.5) is 11.4 Å². The fourth-order valence-corrected chi connectivity index (χ4v) is 5.37. The van der Waals surface area contributed by atoms with E-state index < -0.39 is 0 Å². The fourth-order valence-electron chi connectivity index (χ4n) is 3.72. The molecule has 6 nitrogen and oxygen atoms in total. The third kappa shape index (κ3) is 4.70. The van der Waals surface area contributed by atoms with Crippen LogP contribution in [0.3, 0.4) is 0 Å². The highest BCUT2D eigenvalue weighted by Gasteiger charge is 2.14. The Morgan fingerprint density at radius 3 is 2.57 bits per heavy atom. The maximum Gasteiger partial charge on any atom is 0.272 e. The van der Waals surface area contributed by atoms with E-state index in [1.807, 2.05) is 30.5 Å². The van der Waals surface area contributed by atoms with Gasteiger partial charge in [-0.05, 0) is 55.5 Å². The molecule has 0 radical (unpaired) electrons. The molecule has 3 heterocycles. The van der Waals surface area contributed by atoms with Crippen LogP contribution < -0.4 is 15.8 Å². The molecule has 0 saturated carbocycles. The minimum Gasteiger partial charge on any atom is -0.372 e. The van der Waals surface area contributed by atoms with Crippen LogP contribution in [0.1, 0.15) is 32.6 Å². The molecule has 1 amide bonds. The molecule has 158 valence electrons. The van der Waals surface area contributed by atoms with Crippen molar-refractivity contribution in [2.45, 2.75) is 44.3 Å². The first-order chi connectivity index (χ1) is 14.7. The van der Waals surface area contributed by atoms with E-state index in [1.165, 1.54) is 54.5 Å². The van der Waals surface area contributed by atoms with E-state index >= 15 is 0 Å². The van der Waals surface area contributed by atoms with Crippen molar-refractivity contribution >= 4 is 50.6 Å². The molecule has 1 fully saturated rings. The lowest BCUT2D eigenvalue weighted by molar-refractivity contribution is -0.113.